The van der Waals surface area contributed by atoms with E-state index >= 15 is 0 Å². The van der Waals surface area contributed by atoms with Crippen molar-refractivity contribution in [1.29, 1.82) is 0 Å². The molecule has 0 aliphatic heterocycles. The zero-order valence-corrected chi connectivity index (χ0v) is 11.1. The topological polar surface area (TPSA) is 78.4 Å². The lowest BCUT2D eigenvalue weighted by molar-refractivity contribution is -0.137. The minimum Gasteiger partial charge on any atom is -0.481 e. The number of hydrogen-bond acceptors (Lipinski definition) is 2. The van der Waals surface area contributed by atoms with E-state index in [0.717, 1.165) is 25.7 Å². The van der Waals surface area contributed by atoms with Crippen molar-refractivity contribution in [2.45, 2.75) is 70.4 Å². The van der Waals surface area contributed by atoms with E-state index in [0.29, 0.717) is 0 Å². The van der Waals surface area contributed by atoms with Crippen molar-refractivity contribution in [2.75, 3.05) is 0 Å². The third-order valence-electron chi connectivity index (χ3n) is 3.30. The summed E-state index contributed by atoms with van der Waals surface area (Å²) in [5.41, 5.74) is 0. The van der Waals surface area contributed by atoms with Gasteiger partial charge in [0.25, 0.3) is 0 Å². The Kier molecular flexibility index (Phi) is 6.54. The van der Waals surface area contributed by atoms with Crippen LogP contribution in [0.4, 0.5) is 4.79 Å². The summed E-state index contributed by atoms with van der Waals surface area (Å²) in [6.07, 6.45) is 8.13. The van der Waals surface area contributed by atoms with Crippen molar-refractivity contribution in [3.8, 4) is 0 Å². The lowest BCUT2D eigenvalue weighted by Gasteiger charge is -2.22. The molecule has 1 fully saturated rings. The van der Waals surface area contributed by atoms with Gasteiger partial charge >= 0.3 is 12.0 Å². The first kappa shape index (κ1) is 14.8. The number of amides is 2. The zero-order chi connectivity index (χ0) is 13.4. The van der Waals surface area contributed by atoms with Gasteiger partial charge in [-0.25, -0.2) is 4.79 Å². The van der Waals surface area contributed by atoms with E-state index < -0.39 is 5.97 Å². The first-order chi connectivity index (χ1) is 8.58. The second-order valence-electron chi connectivity index (χ2n) is 5.16. The number of carbonyl (C=O) groups excluding carboxylic acids is 1. The van der Waals surface area contributed by atoms with Crippen molar-refractivity contribution in [3.63, 3.8) is 0 Å². The maximum absolute atomic E-state index is 11.7. The van der Waals surface area contributed by atoms with Gasteiger partial charge in [0.15, 0.2) is 0 Å². The fourth-order valence-electron chi connectivity index (χ4n) is 2.36. The summed E-state index contributed by atoms with van der Waals surface area (Å²) in [5, 5.41) is 14.2. The predicted octanol–water partition coefficient (Wildman–Crippen LogP) is 2.26. The highest BCUT2D eigenvalue weighted by molar-refractivity contribution is 5.75. The first-order valence-corrected chi connectivity index (χ1v) is 6.86. The summed E-state index contributed by atoms with van der Waals surface area (Å²) in [6.45, 7) is 1.70. The lowest BCUT2D eigenvalue weighted by atomic mass is 9.97. The summed E-state index contributed by atoms with van der Waals surface area (Å²) in [4.78, 5) is 22.2. The Morgan fingerprint density at radius 2 is 1.72 bits per heavy atom. The van der Waals surface area contributed by atoms with Crippen molar-refractivity contribution >= 4 is 12.0 Å². The average Bonchev–Trinajstić information content (AvgIpc) is 2.20. The number of urea groups is 1. The van der Waals surface area contributed by atoms with Gasteiger partial charge < -0.3 is 15.7 Å². The van der Waals surface area contributed by atoms with Crippen LogP contribution in [-0.4, -0.2) is 29.2 Å². The Morgan fingerprint density at radius 3 is 2.28 bits per heavy atom. The molecule has 0 aromatic carbocycles. The Hall–Kier alpha value is -1.26. The number of aliphatic carboxylic acids is 1. The van der Waals surface area contributed by atoms with Crippen LogP contribution in [0.1, 0.15) is 58.3 Å². The van der Waals surface area contributed by atoms with Crippen LogP contribution in [0, 0.1) is 0 Å². The number of carboxylic acids is 1. The Balaban J connectivity index is 2.26. The molecular weight excluding hydrogens is 232 g/mol. The number of carbonyl (C=O) groups is 2. The maximum atomic E-state index is 11.7. The van der Waals surface area contributed by atoms with Crippen molar-refractivity contribution < 1.29 is 14.7 Å². The van der Waals surface area contributed by atoms with Crippen LogP contribution in [0.5, 0.6) is 0 Å². The van der Waals surface area contributed by atoms with Crippen LogP contribution in [0.3, 0.4) is 0 Å². The Bertz CT molecular complexity index is 273. The number of hydrogen-bond donors (Lipinski definition) is 3. The predicted molar refractivity (Wildman–Crippen MR) is 69.5 cm³/mol. The number of carboxylic acid groups (broad SMARTS) is 1. The van der Waals surface area contributed by atoms with Gasteiger partial charge in [0, 0.05) is 12.1 Å². The van der Waals surface area contributed by atoms with Gasteiger partial charge in [-0.3, -0.25) is 4.79 Å². The monoisotopic (exact) mass is 256 g/mol. The van der Waals surface area contributed by atoms with E-state index in [1.54, 1.807) is 6.92 Å². The van der Waals surface area contributed by atoms with Crippen LogP contribution in [0.15, 0.2) is 0 Å². The molecule has 2 amide bonds. The summed E-state index contributed by atoms with van der Waals surface area (Å²) in [5.74, 6) is -0.895. The molecule has 0 heterocycles. The molecule has 0 aromatic rings. The Labute approximate surface area is 108 Å². The second-order valence-corrected chi connectivity index (χ2v) is 5.16. The van der Waals surface area contributed by atoms with Crippen LogP contribution in [-0.2, 0) is 4.79 Å². The minimum atomic E-state index is -0.895. The molecule has 1 atom stereocenters. The van der Waals surface area contributed by atoms with Crippen molar-refractivity contribution in [2.24, 2.45) is 0 Å². The van der Waals surface area contributed by atoms with Gasteiger partial charge in [-0.2, -0.15) is 0 Å². The minimum absolute atomic E-state index is 0.0436. The fourth-order valence-corrected chi connectivity index (χ4v) is 2.36. The van der Waals surface area contributed by atoms with Crippen molar-refractivity contribution in [1.82, 2.24) is 10.6 Å². The SMILES string of the molecule is CC(CC(=O)O)NC(=O)NC1CCCCCCC1. The third kappa shape index (κ3) is 6.47. The zero-order valence-electron chi connectivity index (χ0n) is 11.1. The average molecular weight is 256 g/mol. The molecule has 0 radical (unpaired) electrons. The summed E-state index contributed by atoms with van der Waals surface area (Å²) in [7, 11) is 0. The van der Waals surface area contributed by atoms with E-state index in [1.165, 1.54) is 19.3 Å². The van der Waals surface area contributed by atoms with Crippen LogP contribution >= 0.6 is 0 Å². The molecule has 0 aromatic heterocycles. The highest BCUT2D eigenvalue weighted by atomic mass is 16.4. The maximum Gasteiger partial charge on any atom is 0.315 e. The van der Waals surface area contributed by atoms with Gasteiger partial charge in [0.2, 0.25) is 0 Å². The highest BCUT2D eigenvalue weighted by Gasteiger charge is 2.16. The standard InChI is InChI=1S/C13H24N2O3/c1-10(9-12(16)17)14-13(18)15-11-7-5-3-2-4-6-8-11/h10-11H,2-9H2,1H3,(H,16,17)(H2,14,15,18). The second kappa shape index (κ2) is 7.95. The smallest absolute Gasteiger partial charge is 0.315 e. The summed E-state index contributed by atoms with van der Waals surface area (Å²) in [6, 6.07) is -0.340. The Morgan fingerprint density at radius 1 is 1.17 bits per heavy atom. The van der Waals surface area contributed by atoms with Crippen molar-refractivity contribution in [3.05, 3.63) is 0 Å². The van der Waals surface area contributed by atoms with E-state index in [1.807, 2.05) is 0 Å². The van der Waals surface area contributed by atoms with Gasteiger partial charge in [-0.15, -0.1) is 0 Å². The molecule has 3 N–H and O–H groups in total. The number of nitrogens with one attached hydrogen (secondary N) is 2. The lowest BCUT2D eigenvalue weighted by Crippen LogP contribution is -2.46. The van der Waals surface area contributed by atoms with E-state index in [2.05, 4.69) is 10.6 Å². The molecule has 1 saturated carbocycles. The fraction of sp³-hybridized carbons (Fsp3) is 0.846. The highest BCUT2D eigenvalue weighted by Crippen LogP contribution is 2.16. The largest absolute Gasteiger partial charge is 0.481 e. The van der Waals surface area contributed by atoms with E-state index in [9.17, 15) is 9.59 Å². The molecule has 1 aliphatic carbocycles. The third-order valence-corrected chi connectivity index (χ3v) is 3.30. The van der Waals surface area contributed by atoms with Gasteiger partial charge in [-0.05, 0) is 19.8 Å². The molecule has 5 heteroatoms. The first-order valence-electron chi connectivity index (χ1n) is 6.86. The summed E-state index contributed by atoms with van der Waals surface area (Å²) >= 11 is 0. The molecule has 18 heavy (non-hydrogen) atoms. The number of rotatable bonds is 4. The molecular formula is C13H24N2O3. The summed E-state index contributed by atoms with van der Waals surface area (Å²) < 4.78 is 0. The normalized spacial score (nSPS) is 19.4. The van der Waals surface area contributed by atoms with E-state index in [-0.39, 0.29) is 24.5 Å². The molecule has 0 spiro atoms. The van der Waals surface area contributed by atoms with Gasteiger partial charge in [0.1, 0.15) is 0 Å². The van der Waals surface area contributed by atoms with E-state index in [4.69, 9.17) is 5.11 Å². The molecule has 0 bridgehead atoms. The molecule has 104 valence electrons. The molecule has 5 nitrogen and oxygen atoms in total. The van der Waals surface area contributed by atoms with Crippen LogP contribution in [0.25, 0.3) is 0 Å². The molecule has 0 saturated heterocycles. The van der Waals surface area contributed by atoms with Gasteiger partial charge in [-0.1, -0.05) is 32.1 Å². The molecule has 1 aliphatic rings. The quantitative estimate of drug-likeness (QED) is 0.722. The van der Waals surface area contributed by atoms with Crippen LogP contribution in [0.2, 0.25) is 0 Å². The molecule has 1 rings (SSSR count). The molecule has 1 unspecified atom stereocenters. The van der Waals surface area contributed by atoms with Crippen LogP contribution < -0.4 is 10.6 Å². The van der Waals surface area contributed by atoms with Gasteiger partial charge in [0.05, 0.1) is 6.42 Å².